The summed E-state index contributed by atoms with van der Waals surface area (Å²) in [7, 11) is 3.55. The second-order valence-corrected chi connectivity index (χ2v) is 6.62. The molecule has 3 heterocycles. The number of carbonyl (C=O) groups excluding carboxylic acids is 2. The minimum absolute atomic E-state index is 0.00928. The molecule has 1 spiro atoms. The Morgan fingerprint density at radius 1 is 1.36 bits per heavy atom. The Morgan fingerprint density at radius 2 is 2.14 bits per heavy atom. The standard InChI is InChI=1S/C12H17N7O2S/c1-18(2)10-15-7(14-9(13)16-10)5-19-8(20)12(17-11(19)21)3-4-22-6-12/h3-6H2,1-2H3,(H,17,21)(H2,13,14,15,16)/t12-/m1/s1. The average molecular weight is 323 g/mol. The molecular weight excluding hydrogens is 306 g/mol. The highest BCUT2D eigenvalue weighted by Crippen LogP contribution is 2.33. The van der Waals surface area contributed by atoms with Gasteiger partial charge in [0.05, 0.1) is 6.54 Å². The molecule has 3 amide bonds. The number of urea groups is 1. The Bertz CT molecular complexity index is 630. The molecule has 9 nitrogen and oxygen atoms in total. The minimum atomic E-state index is -0.759. The molecule has 1 atom stereocenters. The lowest BCUT2D eigenvalue weighted by molar-refractivity contribution is -0.131. The van der Waals surface area contributed by atoms with E-state index in [4.69, 9.17) is 5.73 Å². The normalized spacial score (nSPS) is 24.2. The molecular formula is C12H17N7O2S. The number of thioether (sulfide) groups is 1. The molecule has 22 heavy (non-hydrogen) atoms. The first-order valence-electron chi connectivity index (χ1n) is 6.81. The zero-order chi connectivity index (χ0) is 15.9. The minimum Gasteiger partial charge on any atom is -0.368 e. The molecule has 2 aliphatic heterocycles. The fourth-order valence-electron chi connectivity index (χ4n) is 2.49. The number of rotatable bonds is 3. The molecule has 0 unspecified atom stereocenters. The van der Waals surface area contributed by atoms with Crippen LogP contribution in [-0.2, 0) is 11.3 Å². The third kappa shape index (κ3) is 2.43. The van der Waals surface area contributed by atoms with E-state index in [1.54, 1.807) is 30.8 Å². The van der Waals surface area contributed by atoms with E-state index in [9.17, 15) is 9.59 Å². The lowest BCUT2D eigenvalue weighted by Crippen LogP contribution is -2.46. The van der Waals surface area contributed by atoms with Crippen LogP contribution < -0.4 is 16.0 Å². The van der Waals surface area contributed by atoms with Crippen LogP contribution in [0.2, 0.25) is 0 Å². The molecule has 118 valence electrons. The molecule has 0 radical (unpaired) electrons. The van der Waals surface area contributed by atoms with Crippen LogP contribution in [0.15, 0.2) is 0 Å². The summed E-state index contributed by atoms with van der Waals surface area (Å²) in [6.07, 6.45) is 0.654. The van der Waals surface area contributed by atoms with Crippen LogP contribution in [0.5, 0.6) is 0 Å². The maximum absolute atomic E-state index is 12.6. The number of nitrogens with one attached hydrogen (secondary N) is 1. The van der Waals surface area contributed by atoms with Crippen molar-refractivity contribution >= 4 is 35.6 Å². The summed E-state index contributed by atoms with van der Waals surface area (Å²) in [6.45, 7) is -0.00928. The highest BCUT2D eigenvalue weighted by atomic mass is 32.2. The summed E-state index contributed by atoms with van der Waals surface area (Å²) in [6, 6.07) is -0.405. The Labute approximate surface area is 131 Å². The van der Waals surface area contributed by atoms with Crippen LogP contribution in [0.25, 0.3) is 0 Å². The van der Waals surface area contributed by atoms with Gasteiger partial charge in [0.2, 0.25) is 11.9 Å². The summed E-state index contributed by atoms with van der Waals surface area (Å²) >= 11 is 1.66. The summed E-state index contributed by atoms with van der Waals surface area (Å²) in [5.74, 6) is 2.00. The topological polar surface area (TPSA) is 117 Å². The maximum Gasteiger partial charge on any atom is 0.325 e. The zero-order valence-corrected chi connectivity index (χ0v) is 13.2. The van der Waals surface area contributed by atoms with Gasteiger partial charge < -0.3 is 16.0 Å². The smallest absolute Gasteiger partial charge is 0.325 e. The Kier molecular flexibility index (Phi) is 3.55. The molecule has 0 saturated carbocycles. The number of amides is 3. The van der Waals surface area contributed by atoms with Crippen LogP contribution >= 0.6 is 11.8 Å². The molecule has 1 aromatic rings. The first-order chi connectivity index (χ1) is 10.4. The largest absolute Gasteiger partial charge is 0.368 e. The maximum atomic E-state index is 12.6. The van der Waals surface area contributed by atoms with Gasteiger partial charge in [-0.3, -0.25) is 9.69 Å². The van der Waals surface area contributed by atoms with E-state index in [0.717, 1.165) is 10.7 Å². The summed E-state index contributed by atoms with van der Waals surface area (Å²) in [5.41, 5.74) is 4.90. The van der Waals surface area contributed by atoms with Gasteiger partial charge in [-0.05, 0) is 12.2 Å². The fraction of sp³-hybridized carbons (Fsp3) is 0.583. The third-order valence-electron chi connectivity index (χ3n) is 3.65. The number of imide groups is 1. The molecule has 3 N–H and O–H groups in total. The van der Waals surface area contributed by atoms with E-state index in [-0.39, 0.29) is 18.4 Å². The van der Waals surface area contributed by atoms with Crippen molar-refractivity contribution in [2.24, 2.45) is 0 Å². The Morgan fingerprint density at radius 3 is 2.77 bits per heavy atom. The number of aromatic nitrogens is 3. The van der Waals surface area contributed by atoms with E-state index >= 15 is 0 Å². The van der Waals surface area contributed by atoms with Gasteiger partial charge in [-0.1, -0.05) is 0 Å². The van der Waals surface area contributed by atoms with Gasteiger partial charge in [-0.2, -0.15) is 26.7 Å². The van der Waals surface area contributed by atoms with Gasteiger partial charge in [0, 0.05) is 19.8 Å². The fourth-order valence-corrected chi connectivity index (χ4v) is 3.81. The summed E-state index contributed by atoms with van der Waals surface area (Å²) in [4.78, 5) is 39.8. The highest BCUT2D eigenvalue weighted by Gasteiger charge is 2.53. The zero-order valence-electron chi connectivity index (χ0n) is 12.4. The van der Waals surface area contributed by atoms with E-state index in [0.29, 0.717) is 23.9 Å². The molecule has 0 aliphatic carbocycles. The Hall–Kier alpha value is -2.10. The van der Waals surface area contributed by atoms with Crippen molar-refractivity contribution in [2.75, 3.05) is 36.2 Å². The van der Waals surface area contributed by atoms with Gasteiger partial charge in [0.25, 0.3) is 5.91 Å². The van der Waals surface area contributed by atoms with Crippen molar-refractivity contribution in [3.8, 4) is 0 Å². The molecule has 3 rings (SSSR count). The number of anilines is 2. The quantitative estimate of drug-likeness (QED) is 0.711. The summed E-state index contributed by atoms with van der Waals surface area (Å²) in [5, 5.41) is 2.81. The lowest BCUT2D eigenvalue weighted by Gasteiger charge is -2.19. The van der Waals surface area contributed by atoms with E-state index in [1.165, 1.54) is 0 Å². The Balaban J connectivity index is 1.84. The van der Waals surface area contributed by atoms with Crippen molar-refractivity contribution in [2.45, 2.75) is 18.5 Å². The van der Waals surface area contributed by atoms with Crippen LogP contribution in [0, 0.1) is 0 Å². The first-order valence-corrected chi connectivity index (χ1v) is 7.96. The lowest BCUT2D eigenvalue weighted by atomic mass is 9.99. The average Bonchev–Trinajstić information content (AvgIpc) is 3.00. The van der Waals surface area contributed by atoms with Crippen LogP contribution in [-0.4, -0.2) is 62.9 Å². The van der Waals surface area contributed by atoms with Crippen molar-refractivity contribution in [3.63, 3.8) is 0 Å². The number of carbonyl (C=O) groups is 2. The van der Waals surface area contributed by atoms with Crippen LogP contribution in [0.1, 0.15) is 12.2 Å². The third-order valence-corrected chi connectivity index (χ3v) is 4.84. The molecule has 10 heteroatoms. The summed E-state index contributed by atoms with van der Waals surface area (Å²) < 4.78 is 0. The van der Waals surface area contributed by atoms with Crippen molar-refractivity contribution in [1.82, 2.24) is 25.2 Å². The second kappa shape index (κ2) is 5.27. The number of nitrogens with two attached hydrogens (primary N) is 1. The second-order valence-electron chi connectivity index (χ2n) is 5.51. The molecule has 0 bridgehead atoms. The van der Waals surface area contributed by atoms with Crippen molar-refractivity contribution in [1.29, 1.82) is 0 Å². The predicted octanol–water partition coefficient (Wildman–Crippen LogP) is -0.553. The van der Waals surface area contributed by atoms with Crippen LogP contribution in [0.3, 0.4) is 0 Å². The van der Waals surface area contributed by atoms with Gasteiger partial charge in [-0.25, -0.2) is 4.79 Å². The van der Waals surface area contributed by atoms with Gasteiger partial charge in [0.1, 0.15) is 5.54 Å². The van der Waals surface area contributed by atoms with Gasteiger partial charge in [0.15, 0.2) is 5.82 Å². The number of hydrogen-bond donors (Lipinski definition) is 2. The molecule has 1 aromatic heterocycles. The monoisotopic (exact) mass is 323 g/mol. The number of hydrogen-bond acceptors (Lipinski definition) is 8. The molecule has 2 fully saturated rings. The van der Waals surface area contributed by atoms with Gasteiger partial charge in [-0.15, -0.1) is 0 Å². The van der Waals surface area contributed by atoms with E-state index in [2.05, 4.69) is 20.3 Å². The number of nitrogens with zero attached hydrogens (tertiary/aromatic N) is 5. The highest BCUT2D eigenvalue weighted by molar-refractivity contribution is 7.99. The van der Waals surface area contributed by atoms with E-state index < -0.39 is 11.6 Å². The number of nitrogen functional groups attached to an aromatic ring is 1. The molecule has 2 aliphatic rings. The first kappa shape index (κ1) is 14.8. The molecule has 0 aromatic carbocycles. The van der Waals surface area contributed by atoms with Gasteiger partial charge >= 0.3 is 6.03 Å². The van der Waals surface area contributed by atoms with Crippen LogP contribution in [0.4, 0.5) is 16.7 Å². The predicted molar refractivity (Wildman–Crippen MR) is 82.3 cm³/mol. The van der Waals surface area contributed by atoms with Crippen molar-refractivity contribution < 1.29 is 9.59 Å². The van der Waals surface area contributed by atoms with E-state index in [1.807, 2.05) is 0 Å². The molecule has 2 saturated heterocycles. The van der Waals surface area contributed by atoms with Crippen molar-refractivity contribution in [3.05, 3.63) is 5.82 Å². The SMILES string of the molecule is CN(C)c1nc(N)nc(CN2C(=O)N[C@@]3(CCSC3)C2=O)n1.